The maximum Gasteiger partial charge on any atom is 0.282 e. The zero-order valence-corrected chi connectivity index (χ0v) is 27.9. The van der Waals surface area contributed by atoms with Gasteiger partial charge in [0.1, 0.15) is 17.3 Å². The molecule has 1 heterocycles. The molecule has 8 nitrogen and oxygen atoms in total. The highest BCUT2D eigenvalue weighted by Gasteiger charge is 2.19. The van der Waals surface area contributed by atoms with Crippen molar-refractivity contribution in [1.29, 1.82) is 0 Å². The van der Waals surface area contributed by atoms with Crippen molar-refractivity contribution in [3.8, 4) is 22.9 Å². The molecule has 0 atom stereocenters. The molecule has 0 aliphatic rings. The van der Waals surface area contributed by atoms with Crippen LogP contribution in [0.25, 0.3) is 22.3 Å². The van der Waals surface area contributed by atoms with Gasteiger partial charge in [-0.2, -0.15) is 9.78 Å². The Kier molecular flexibility index (Phi) is 10.2. The average Bonchev–Trinajstić information content (AvgIpc) is 3.01. The summed E-state index contributed by atoms with van der Waals surface area (Å²) in [7, 11) is 0. The van der Waals surface area contributed by atoms with Crippen molar-refractivity contribution in [2.24, 2.45) is 5.10 Å². The summed E-state index contributed by atoms with van der Waals surface area (Å²) in [5, 5.41) is 7.85. The third-order valence-electron chi connectivity index (χ3n) is 7.12. The molecule has 46 heavy (non-hydrogen) atoms. The van der Waals surface area contributed by atoms with E-state index in [0.29, 0.717) is 38.4 Å². The van der Waals surface area contributed by atoms with Gasteiger partial charge in [0.2, 0.25) is 0 Å². The Morgan fingerprint density at radius 1 is 1.11 bits per heavy atom. The van der Waals surface area contributed by atoms with Crippen LogP contribution in [0.5, 0.6) is 11.5 Å². The van der Waals surface area contributed by atoms with Crippen LogP contribution in [0.4, 0.5) is 10.1 Å². The number of carbonyl (C=O) groups excluding carboxylic acids is 1. The van der Waals surface area contributed by atoms with Gasteiger partial charge < -0.3 is 14.8 Å². The van der Waals surface area contributed by atoms with Crippen molar-refractivity contribution in [2.75, 3.05) is 18.5 Å². The molecule has 0 fully saturated rings. The highest BCUT2D eigenvalue weighted by atomic mass is 79.9. The lowest BCUT2D eigenvalue weighted by atomic mass is 9.96. The summed E-state index contributed by atoms with van der Waals surface area (Å²) < 4.78 is 27.5. The molecule has 0 unspecified atom stereocenters. The fraction of sp³-hybridized carbons (Fsp3) is 0.200. The third kappa shape index (κ3) is 7.13. The number of aryl methyl sites for hydroxylation is 1. The van der Waals surface area contributed by atoms with E-state index >= 15 is 0 Å². The second-order valence-corrected chi connectivity index (χ2v) is 12.0. The molecular weight excluding hydrogens is 675 g/mol. The zero-order chi connectivity index (χ0) is 33.0. The number of aromatic nitrogens is 2. The third-order valence-corrected chi connectivity index (χ3v) is 7.93. The number of hydrogen-bond donors (Lipinski definition) is 1. The number of hydrogen-bond acceptors (Lipinski definition) is 6. The molecule has 5 aromatic rings. The Balaban J connectivity index is 1.58. The number of ether oxygens (including phenoxy) is 2. The largest absolute Gasteiger partial charge is 0.494 e. The van der Waals surface area contributed by atoms with Gasteiger partial charge >= 0.3 is 0 Å². The Morgan fingerprint density at radius 2 is 1.85 bits per heavy atom. The summed E-state index contributed by atoms with van der Waals surface area (Å²) in [4.78, 5) is 31.4. The van der Waals surface area contributed by atoms with Gasteiger partial charge in [0, 0.05) is 16.1 Å². The summed E-state index contributed by atoms with van der Waals surface area (Å²) in [6.07, 6.45) is 1.43. The highest BCUT2D eigenvalue weighted by molar-refractivity contribution is 9.10. The Labute approximate surface area is 279 Å². The van der Waals surface area contributed by atoms with E-state index in [9.17, 15) is 14.0 Å². The fourth-order valence-electron chi connectivity index (χ4n) is 4.91. The lowest BCUT2D eigenvalue weighted by molar-refractivity contribution is -0.118. The second-order valence-electron chi connectivity index (χ2n) is 10.7. The van der Waals surface area contributed by atoms with Crippen molar-refractivity contribution < 1.29 is 18.7 Å². The number of anilines is 1. The van der Waals surface area contributed by atoms with E-state index in [0.717, 1.165) is 22.4 Å². The van der Waals surface area contributed by atoms with E-state index in [1.165, 1.54) is 29.1 Å². The monoisotopic (exact) mass is 704 g/mol. The molecule has 4 aromatic carbocycles. The van der Waals surface area contributed by atoms with Crippen LogP contribution in [-0.4, -0.2) is 35.0 Å². The lowest BCUT2D eigenvalue weighted by Crippen LogP contribution is -2.22. The molecule has 1 amide bonds. The molecule has 5 rings (SSSR count). The van der Waals surface area contributed by atoms with Gasteiger partial charge in [-0.25, -0.2) is 9.37 Å². The van der Waals surface area contributed by atoms with E-state index in [1.807, 2.05) is 32.0 Å². The van der Waals surface area contributed by atoms with Crippen molar-refractivity contribution in [3.63, 3.8) is 0 Å². The van der Waals surface area contributed by atoms with E-state index < -0.39 is 18.3 Å². The first-order chi connectivity index (χ1) is 22.1. The minimum absolute atomic E-state index is 0.0361. The molecule has 0 bridgehead atoms. The number of carbonyl (C=O) groups is 1. The summed E-state index contributed by atoms with van der Waals surface area (Å²) in [6.45, 7) is 8.11. The molecule has 1 N–H and O–H groups in total. The number of fused-ring (bicyclic) bond motifs is 1. The molecule has 0 saturated carbocycles. The summed E-state index contributed by atoms with van der Waals surface area (Å²) in [6, 6.07) is 20.1. The van der Waals surface area contributed by atoms with Crippen LogP contribution in [0, 0.1) is 12.7 Å². The highest BCUT2D eigenvalue weighted by Crippen LogP contribution is 2.35. The first kappa shape index (κ1) is 32.8. The number of amides is 1. The van der Waals surface area contributed by atoms with Gasteiger partial charge in [0.25, 0.3) is 11.5 Å². The molecule has 1 aromatic heterocycles. The number of halogens is 3. The normalized spacial score (nSPS) is 11.4. The van der Waals surface area contributed by atoms with Crippen molar-refractivity contribution in [2.45, 2.75) is 33.6 Å². The van der Waals surface area contributed by atoms with Crippen LogP contribution in [0.3, 0.4) is 0 Å². The van der Waals surface area contributed by atoms with E-state index in [2.05, 4.69) is 40.2 Å². The summed E-state index contributed by atoms with van der Waals surface area (Å²) in [5.41, 5.74) is 3.13. The van der Waals surface area contributed by atoms with Crippen molar-refractivity contribution >= 4 is 56.2 Å². The standard InChI is InChI=1S/C35H31BrClFN4O4/c1-5-45-31-14-21(4)26(17-25(31)20(2)3)34-41-29-12-8-6-10-24(29)35(44)42(34)39-18-22-15-23(37)16-27(36)33(22)46-19-32(43)40-30-13-9-7-11-28(30)38/h6-18,20H,5,19H2,1-4H3,(H,40,43). The number of nitrogens with zero attached hydrogens (tertiary/aromatic N) is 3. The van der Waals surface area contributed by atoms with Crippen LogP contribution in [0.2, 0.25) is 5.02 Å². The Morgan fingerprint density at radius 3 is 2.59 bits per heavy atom. The number of para-hydroxylation sites is 2. The minimum Gasteiger partial charge on any atom is -0.494 e. The van der Waals surface area contributed by atoms with Gasteiger partial charge in [0.05, 0.1) is 33.9 Å². The lowest BCUT2D eigenvalue weighted by Gasteiger charge is -2.18. The maximum atomic E-state index is 14.0. The fourth-order valence-corrected chi connectivity index (χ4v) is 5.86. The Hall–Kier alpha value is -4.54. The molecule has 11 heteroatoms. The molecule has 0 aliphatic heterocycles. The van der Waals surface area contributed by atoms with Crippen LogP contribution in [0.1, 0.15) is 43.4 Å². The SMILES string of the molecule is CCOc1cc(C)c(-c2nc3ccccc3c(=O)n2N=Cc2cc(Cl)cc(Br)c2OCC(=O)Nc2ccccc2F)cc1C(C)C. The first-order valence-electron chi connectivity index (χ1n) is 14.6. The van der Waals surface area contributed by atoms with Gasteiger partial charge in [-0.1, -0.05) is 49.7 Å². The summed E-state index contributed by atoms with van der Waals surface area (Å²) in [5.74, 6) is 0.379. The van der Waals surface area contributed by atoms with Gasteiger partial charge in [-0.3, -0.25) is 9.59 Å². The molecule has 0 aliphatic carbocycles. The molecular formula is C35H31BrClFN4O4. The van der Waals surface area contributed by atoms with Crippen molar-refractivity contribution in [1.82, 2.24) is 9.66 Å². The molecule has 0 saturated heterocycles. The molecule has 236 valence electrons. The molecule has 0 spiro atoms. The smallest absolute Gasteiger partial charge is 0.282 e. The summed E-state index contributed by atoms with van der Waals surface area (Å²) >= 11 is 9.82. The van der Waals surface area contributed by atoms with Gasteiger partial charge in [0.15, 0.2) is 12.4 Å². The first-order valence-corrected chi connectivity index (χ1v) is 15.7. The predicted octanol–water partition coefficient (Wildman–Crippen LogP) is 8.35. The zero-order valence-electron chi connectivity index (χ0n) is 25.6. The topological polar surface area (TPSA) is 94.8 Å². The number of benzene rings is 4. The average molecular weight is 706 g/mol. The maximum absolute atomic E-state index is 14.0. The van der Waals surface area contributed by atoms with E-state index in [4.69, 9.17) is 26.1 Å². The number of rotatable bonds is 10. The quantitative estimate of drug-likeness (QED) is 0.148. The molecule has 0 radical (unpaired) electrons. The minimum atomic E-state index is -0.570. The van der Waals surface area contributed by atoms with Gasteiger partial charge in [-0.15, -0.1) is 0 Å². The van der Waals surface area contributed by atoms with Gasteiger partial charge in [-0.05, 0) is 95.4 Å². The van der Waals surface area contributed by atoms with Crippen LogP contribution in [-0.2, 0) is 4.79 Å². The predicted molar refractivity (Wildman–Crippen MR) is 184 cm³/mol. The second kappa shape index (κ2) is 14.3. The van der Waals surface area contributed by atoms with Crippen LogP contribution >= 0.6 is 27.5 Å². The van der Waals surface area contributed by atoms with E-state index in [1.54, 1.807) is 36.4 Å². The van der Waals surface area contributed by atoms with Crippen molar-refractivity contribution in [3.05, 3.63) is 115 Å². The number of nitrogens with one attached hydrogen (secondary N) is 1. The van der Waals surface area contributed by atoms with Crippen LogP contribution < -0.4 is 20.3 Å². The Bertz CT molecular complexity index is 2030. The van der Waals surface area contributed by atoms with E-state index in [-0.39, 0.29) is 22.9 Å². The van der Waals surface area contributed by atoms with Crippen LogP contribution in [0.15, 0.2) is 87.2 Å².